The normalized spacial score (nSPS) is 12.0. The number of aromatic nitrogens is 3. The number of ether oxygens (including phenoxy) is 1. The number of anilines is 2. The molecule has 1 atom stereocenters. The molecular weight excluding hydrogens is 268 g/mol. The minimum atomic E-state index is 0.319. The lowest BCUT2D eigenvalue weighted by molar-refractivity contribution is 0.291. The Balaban J connectivity index is 3.03. The van der Waals surface area contributed by atoms with Gasteiger partial charge in [-0.25, -0.2) is 5.84 Å². The maximum Gasteiger partial charge on any atom is 0.323 e. The van der Waals surface area contributed by atoms with E-state index in [1.54, 1.807) is 0 Å². The number of nitrogens with two attached hydrogens (primary N) is 1. The number of nitrogen functional groups attached to an aromatic ring is 1. The van der Waals surface area contributed by atoms with Crippen molar-refractivity contribution >= 4 is 11.9 Å². The van der Waals surface area contributed by atoms with Gasteiger partial charge in [-0.05, 0) is 26.2 Å². The molecule has 0 saturated heterocycles. The van der Waals surface area contributed by atoms with Gasteiger partial charge in [-0.2, -0.15) is 15.0 Å². The van der Waals surface area contributed by atoms with Crippen LogP contribution >= 0.6 is 0 Å². The number of hydrogen-bond donors (Lipinski definition) is 2. The van der Waals surface area contributed by atoms with E-state index in [-0.39, 0.29) is 0 Å². The van der Waals surface area contributed by atoms with Crippen LogP contribution in [0.15, 0.2) is 0 Å². The summed E-state index contributed by atoms with van der Waals surface area (Å²) in [5, 5.41) is 0. The second kappa shape index (κ2) is 9.33. The molecule has 0 aromatic carbocycles. The minimum absolute atomic E-state index is 0.319. The highest BCUT2D eigenvalue weighted by Gasteiger charge is 2.18. The van der Waals surface area contributed by atoms with E-state index >= 15 is 0 Å². The molecule has 0 bridgehead atoms. The molecule has 7 heteroatoms. The number of hydrogen-bond acceptors (Lipinski definition) is 7. The Hall–Kier alpha value is -1.63. The van der Waals surface area contributed by atoms with Crippen molar-refractivity contribution in [2.45, 2.75) is 59.4 Å². The lowest BCUT2D eigenvalue weighted by Gasteiger charge is -2.28. The van der Waals surface area contributed by atoms with Gasteiger partial charge in [0.15, 0.2) is 0 Å². The summed E-state index contributed by atoms with van der Waals surface area (Å²) < 4.78 is 5.52. The van der Waals surface area contributed by atoms with E-state index in [0.29, 0.717) is 30.6 Å². The third kappa shape index (κ3) is 5.34. The molecule has 120 valence electrons. The molecular formula is C14H28N6O. The molecule has 7 nitrogen and oxygen atoms in total. The lowest BCUT2D eigenvalue weighted by Crippen LogP contribution is -2.35. The van der Waals surface area contributed by atoms with Crippen LogP contribution in [0.1, 0.15) is 53.4 Å². The molecule has 0 aliphatic rings. The van der Waals surface area contributed by atoms with E-state index in [1.807, 2.05) is 6.92 Å². The van der Waals surface area contributed by atoms with Gasteiger partial charge >= 0.3 is 6.01 Å². The highest BCUT2D eigenvalue weighted by molar-refractivity contribution is 5.38. The van der Waals surface area contributed by atoms with Crippen molar-refractivity contribution in [1.29, 1.82) is 0 Å². The first-order valence-electron chi connectivity index (χ1n) is 7.78. The van der Waals surface area contributed by atoms with E-state index in [4.69, 9.17) is 10.6 Å². The van der Waals surface area contributed by atoms with E-state index in [1.165, 1.54) is 0 Å². The van der Waals surface area contributed by atoms with E-state index in [2.05, 4.69) is 46.0 Å². The quantitative estimate of drug-likeness (QED) is 0.506. The van der Waals surface area contributed by atoms with Crippen LogP contribution in [0.3, 0.4) is 0 Å². The zero-order valence-corrected chi connectivity index (χ0v) is 13.6. The Kier molecular flexibility index (Phi) is 7.74. The molecule has 0 aliphatic heterocycles. The van der Waals surface area contributed by atoms with Crippen molar-refractivity contribution < 1.29 is 4.74 Å². The van der Waals surface area contributed by atoms with E-state index in [0.717, 1.165) is 32.2 Å². The van der Waals surface area contributed by atoms with Crippen LogP contribution in [0.5, 0.6) is 6.01 Å². The highest BCUT2D eigenvalue weighted by atomic mass is 16.5. The average Bonchev–Trinajstić information content (AvgIpc) is 2.52. The van der Waals surface area contributed by atoms with Crippen molar-refractivity contribution in [2.75, 3.05) is 23.5 Å². The molecule has 0 fully saturated rings. The van der Waals surface area contributed by atoms with Gasteiger partial charge in [0.25, 0.3) is 0 Å². The fourth-order valence-corrected chi connectivity index (χ4v) is 1.86. The van der Waals surface area contributed by atoms with Gasteiger partial charge in [0.2, 0.25) is 11.9 Å². The van der Waals surface area contributed by atoms with Crippen LogP contribution in [0, 0.1) is 0 Å². The van der Waals surface area contributed by atoms with Crippen molar-refractivity contribution in [1.82, 2.24) is 15.0 Å². The Bertz CT molecular complexity index is 414. The monoisotopic (exact) mass is 296 g/mol. The van der Waals surface area contributed by atoms with Crippen molar-refractivity contribution in [3.8, 4) is 6.01 Å². The summed E-state index contributed by atoms with van der Waals surface area (Å²) in [4.78, 5) is 15.1. The Morgan fingerprint density at radius 3 is 2.52 bits per heavy atom. The van der Waals surface area contributed by atoms with Gasteiger partial charge in [-0.3, -0.25) is 5.43 Å². The van der Waals surface area contributed by atoms with Gasteiger partial charge < -0.3 is 9.64 Å². The van der Waals surface area contributed by atoms with Crippen LogP contribution in [-0.4, -0.2) is 34.1 Å². The molecule has 0 saturated carbocycles. The van der Waals surface area contributed by atoms with Gasteiger partial charge in [0, 0.05) is 12.6 Å². The molecule has 1 aromatic rings. The van der Waals surface area contributed by atoms with Crippen LogP contribution in [-0.2, 0) is 0 Å². The molecule has 21 heavy (non-hydrogen) atoms. The first kappa shape index (κ1) is 17.4. The molecule has 1 aromatic heterocycles. The summed E-state index contributed by atoms with van der Waals surface area (Å²) in [5.74, 6) is 6.40. The number of nitrogens with zero attached hydrogens (tertiary/aromatic N) is 4. The second-order valence-electron chi connectivity index (χ2n) is 5.04. The number of rotatable bonds is 10. The summed E-state index contributed by atoms with van der Waals surface area (Å²) >= 11 is 0. The van der Waals surface area contributed by atoms with Crippen LogP contribution in [0.4, 0.5) is 11.9 Å². The highest BCUT2D eigenvalue weighted by Crippen LogP contribution is 2.19. The van der Waals surface area contributed by atoms with Gasteiger partial charge in [-0.1, -0.05) is 27.2 Å². The summed E-state index contributed by atoms with van der Waals surface area (Å²) in [7, 11) is 0. The molecule has 0 radical (unpaired) electrons. The topological polar surface area (TPSA) is 89.2 Å². The zero-order chi connectivity index (χ0) is 15.7. The third-order valence-corrected chi connectivity index (χ3v) is 3.30. The molecule has 1 unspecified atom stereocenters. The Morgan fingerprint density at radius 1 is 1.19 bits per heavy atom. The fourth-order valence-electron chi connectivity index (χ4n) is 1.86. The standard InChI is InChI=1S/C14H28N6O/c1-5-8-9-20(11(4)7-3)13-16-12(19-15)17-14(18-13)21-10-6-2/h11H,5-10,15H2,1-4H3,(H,16,17,18,19). The number of nitrogens with one attached hydrogen (secondary N) is 1. The largest absolute Gasteiger partial charge is 0.463 e. The molecule has 3 N–H and O–H groups in total. The molecule has 1 heterocycles. The SMILES string of the molecule is CCCCN(c1nc(NN)nc(OCCC)n1)C(C)CC. The van der Waals surface area contributed by atoms with E-state index < -0.39 is 0 Å². The Morgan fingerprint density at radius 2 is 1.95 bits per heavy atom. The third-order valence-electron chi connectivity index (χ3n) is 3.30. The molecule has 1 rings (SSSR count). The predicted molar refractivity (Wildman–Crippen MR) is 85.4 cm³/mol. The fraction of sp³-hybridized carbons (Fsp3) is 0.786. The average molecular weight is 296 g/mol. The second-order valence-corrected chi connectivity index (χ2v) is 5.04. The molecule has 0 aliphatic carbocycles. The number of unbranched alkanes of at least 4 members (excludes halogenated alkanes) is 1. The number of hydrazine groups is 1. The molecule has 0 spiro atoms. The minimum Gasteiger partial charge on any atom is -0.463 e. The predicted octanol–water partition coefficient (Wildman–Crippen LogP) is 2.35. The van der Waals surface area contributed by atoms with Crippen molar-refractivity contribution in [3.63, 3.8) is 0 Å². The summed E-state index contributed by atoms with van der Waals surface area (Å²) in [6.07, 6.45) is 4.13. The van der Waals surface area contributed by atoms with E-state index in [9.17, 15) is 0 Å². The van der Waals surface area contributed by atoms with Crippen molar-refractivity contribution in [3.05, 3.63) is 0 Å². The van der Waals surface area contributed by atoms with Gasteiger partial charge in [-0.15, -0.1) is 0 Å². The summed E-state index contributed by atoms with van der Waals surface area (Å²) in [6.45, 7) is 10.0. The zero-order valence-electron chi connectivity index (χ0n) is 13.6. The lowest BCUT2D eigenvalue weighted by atomic mass is 10.2. The maximum absolute atomic E-state index is 5.52. The van der Waals surface area contributed by atoms with Crippen LogP contribution in [0.2, 0.25) is 0 Å². The van der Waals surface area contributed by atoms with Crippen LogP contribution in [0.25, 0.3) is 0 Å². The van der Waals surface area contributed by atoms with Gasteiger partial charge in [0.05, 0.1) is 6.61 Å². The van der Waals surface area contributed by atoms with Crippen LogP contribution < -0.4 is 20.9 Å². The first-order chi connectivity index (χ1) is 10.2. The molecule has 0 amide bonds. The Labute approximate surface area is 127 Å². The summed E-state index contributed by atoms with van der Waals surface area (Å²) in [5.41, 5.74) is 2.48. The maximum atomic E-state index is 5.52. The smallest absolute Gasteiger partial charge is 0.323 e. The van der Waals surface area contributed by atoms with Crippen molar-refractivity contribution in [2.24, 2.45) is 5.84 Å². The first-order valence-corrected chi connectivity index (χ1v) is 7.78. The van der Waals surface area contributed by atoms with Gasteiger partial charge in [0.1, 0.15) is 0 Å². The summed E-state index contributed by atoms with van der Waals surface area (Å²) in [6, 6.07) is 0.670.